The maximum Gasteiger partial charge on any atom is 0.416 e. The molecule has 1 aromatic carbocycles. The number of rotatable bonds is 4. The Morgan fingerprint density at radius 3 is 2.41 bits per heavy atom. The third-order valence-corrected chi connectivity index (χ3v) is 5.58. The van der Waals surface area contributed by atoms with Gasteiger partial charge in [-0.1, -0.05) is 13.8 Å². The summed E-state index contributed by atoms with van der Waals surface area (Å²) in [6.07, 6.45) is -6.29. The van der Waals surface area contributed by atoms with Crippen molar-refractivity contribution in [3.05, 3.63) is 39.8 Å². The lowest BCUT2D eigenvalue weighted by Crippen LogP contribution is -2.57. The van der Waals surface area contributed by atoms with Crippen LogP contribution in [0.4, 0.5) is 26.7 Å². The normalized spacial score (nSPS) is 18.2. The minimum Gasteiger partial charge on any atom is -0.444 e. The molecule has 204 valence electrons. The van der Waals surface area contributed by atoms with Gasteiger partial charge < -0.3 is 15.0 Å². The number of benzene rings is 1. The molecular weight excluding hydrogens is 503 g/mol. The van der Waals surface area contributed by atoms with Crippen LogP contribution < -0.4 is 10.9 Å². The maximum absolute atomic E-state index is 14.3. The van der Waals surface area contributed by atoms with Gasteiger partial charge in [0.05, 0.1) is 29.2 Å². The molecule has 1 atom stereocenters. The Balaban J connectivity index is 1.84. The Morgan fingerprint density at radius 1 is 1.19 bits per heavy atom. The first-order valence-corrected chi connectivity index (χ1v) is 11.6. The van der Waals surface area contributed by atoms with E-state index in [2.05, 4.69) is 10.4 Å². The minimum absolute atomic E-state index is 0.0198. The lowest BCUT2D eigenvalue weighted by atomic mass is 10.0. The second kappa shape index (κ2) is 9.90. The highest BCUT2D eigenvalue weighted by molar-refractivity contribution is 5.85. The van der Waals surface area contributed by atoms with Gasteiger partial charge in [-0.15, -0.1) is 0 Å². The molecule has 1 saturated heterocycles. The van der Waals surface area contributed by atoms with Gasteiger partial charge in [-0.3, -0.25) is 9.59 Å². The van der Waals surface area contributed by atoms with Crippen LogP contribution in [-0.2, 0) is 22.3 Å². The quantitative estimate of drug-likeness (QED) is 0.593. The van der Waals surface area contributed by atoms with Crippen molar-refractivity contribution in [2.24, 2.45) is 0 Å². The van der Waals surface area contributed by atoms with Crippen LogP contribution in [0.2, 0.25) is 0 Å². The monoisotopic (exact) mass is 532 g/mol. The van der Waals surface area contributed by atoms with Crippen LogP contribution in [-0.4, -0.2) is 57.3 Å². The van der Waals surface area contributed by atoms with Crippen molar-refractivity contribution in [3.8, 4) is 0 Å². The van der Waals surface area contributed by atoms with Crippen molar-refractivity contribution in [3.63, 3.8) is 0 Å². The summed E-state index contributed by atoms with van der Waals surface area (Å²) in [5.41, 5.74) is -2.46. The molecule has 2 aromatic rings. The van der Waals surface area contributed by atoms with Gasteiger partial charge in [-0.25, -0.2) is 18.3 Å². The fourth-order valence-corrected chi connectivity index (χ4v) is 4.09. The smallest absolute Gasteiger partial charge is 0.416 e. The van der Waals surface area contributed by atoms with Crippen molar-refractivity contribution in [1.82, 2.24) is 20.0 Å². The van der Waals surface area contributed by atoms with Crippen LogP contribution in [0.25, 0.3) is 10.8 Å². The van der Waals surface area contributed by atoms with E-state index in [1.54, 1.807) is 34.6 Å². The molecule has 0 spiro atoms. The summed E-state index contributed by atoms with van der Waals surface area (Å²) in [6.45, 7) is 6.38. The predicted octanol–water partition coefficient (Wildman–Crippen LogP) is 4.30. The van der Waals surface area contributed by atoms with E-state index in [4.69, 9.17) is 4.74 Å². The Labute approximate surface area is 209 Å². The van der Waals surface area contributed by atoms with Crippen LogP contribution in [0, 0.1) is 0 Å². The Bertz CT molecular complexity index is 1250. The number of piperidine rings is 1. The van der Waals surface area contributed by atoms with Gasteiger partial charge >= 0.3 is 12.3 Å². The van der Waals surface area contributed by atoms with E-state index < -0.39 is 66.4 Å². The van der Waals surface area contributed by atoms with Gasteiger partial charge in [0, 0.05) is 18.4 Å². The molecule has 37 heavy (non-hydrogen) atoms. The minimum atomic E-state index is -4.62. The Morgan fingerprint density at radius 2 is 1.84 bits per heavy atom. The molecule has 0 radical (unpaired) electrons. The van der Waals surface area contributed by atoms with E-state index in [-0.39, 0.29) is 28.9 Å². The zero-order valence-corrected chi connectivity index (χ0v) is 21.1. The van der Waals surface area contributed by atoms with Crippen LogP contribution in [0.15, 0.2) is 23.0 Å². The molecular formula is C24H29F5N4O4. The maximum atomic E-state index is 14.3. The molecule has 0 bridgehead atoms. The number of alkyl halides is 5. The number of halogens is 5. The van der Waals surface area contributed by atoms with Gasteiger partial charge in [0.25, 0.3) is 11.5 Å². The van der Waals surface area contributed by atoms with Gasteiger partial charge in [-0.2, -0.15) is 18.3 Å². The molecule has 8 nitrogen and oxygen atoms in total. The zero-order chi connectivity index (χ0) is 27.9. The van der Waals surface area contributed by atoms with Crippen molar-refractivity contribution in [2.45, 2.75) is 77.2 Å². The molecule has 2 amide bonds. The van der Waals surface area contributed by atoms with E-state index >= 15 is 0 Å². The third-order valence-electron chi connectivity index (χ3n) is 5.58. The number of likely N-dealkylation sites (tertiary alicyclic amines) is 1. The Kier molecular flexibility index (Phi) is 7.58. The number of amides is 2. The van der Waals surface area contributed by atoms with E-state index in [0.717, 1.165) is 27.8 Å². The number of hydrogen-bond donors (Lipinski definition) is 1. The average Bonchev–Trinajstić information content (AvgIpc) is 2.72. The van der Waals surface area contributed by atoms with Crippen molar-refractivity contribution < 1.29 is 36.3 Å². The second-order valence-electron chi connectivity index (χ2n) is 10.4. The molecule has 0 unspecified atom stereocenters. The predicted molar refractivity (Wildman–Crippen MR) is 124 cm³/mol. The lowest BCUT2D eigenvalue weighted by molar-refractivity contribution is -0.137. The molecule has 13 heteroatoms. The molecule has 1 N–H and O–H groups in total. The highest BCUT2D eigenvalue weighted by atomic mass is 19.4. The van der Waals surface area contributed by atoms with Gasteiger partial charge in [0.2, 0.25) is 5.91 Å². The van der Waals surface area contributed by atoms with E-state index in [1.165, 1.54) is 0 Å². The number of carbonyl (C=O) groups excluding carboxylic acids is 2. The molecule has 3 rings (SSSR count). The zero-order valence-electron chi connectivity index (χ0n) is 21.1. The molecule has 1 aliphatic rings. The second-order valence-corrected chi connectivity index (χ2v) is 10.4. The molecule has 2 heterocycles. The summed E-state index contributed by atoms with van der Waals surface area (Å²) in [7, 11) is 0. The van der Waals surface area contributed by atoms with E-state index in [1.807, 2.05) is 0 Å². The van der Waals surface area contributed by atoms with Crippen LogP contribution in [0.3, 0.4) is 0 Å². The van der Waals surface area contributed by atoms with Crippen LogP contribution >= 0.6 is 0 Å². The van der Waals surface area contributed by atoms with Crippen LogP contribution in [0.5, 0.6) is 0 Å². The average molecular weight is 533 g/mol. The summed E-state index contributed by atoms with van der Waals surface area (Å²) in [6, 6.07) is 1.52. The van der Waals surface area contributed by atoms with Crippen molar-refractivity contribution in [2.75, 3.05) is 13.1 Å². The summed E-state index contributed by atoms with van der Waals surface area (Å²) >= 11 is 0. The molecule has 0 aliphatic carbocycles. The number of carbonyl (C=O) groups is 2. The number of nitrogens with one attached hydrogen (secondary N) is 1. The summed E-state index contributed by atoms with van der Waals surface area (Å²) in [5.74, 6) is -4.49. The van der Waals surface area contributed by atoms with Gasteiger partial charge in [0.15, 0.2) is 0 Å². The number of ether oxygens (including phenoxy) is 1. The third kappa shape index (κ3) is 6.95. The number of aromatic nitrogens is 2. The molecule has 1 aromatic heterocycles. The number of fused-ring (bicyclic) bond motifs is 1. The largest absolute Gasteiger partial charge is 0.444 e. The standard InChI is InChI=1S/C24H29F5N4O4/c1-13(2)19-17-8-14(24(27,28)29)6-7-16(17)20(35)33(31-19)11-18(34)30-15-9-23(25,26)12-32(10-15)21(36)37-22(3,4)5/h6-8,13,15H,9-12H2,1-5H3,(H,30,34)/t15-/m1/s1. The first kappa shape index (κ1) is 28.3. The summed E-state index contributed by atoms with van der Waals surface area (Å²) in [4.78, 5) is 38.8. The lowest BCUT2D eigenvalue weighted by Gasteiger charge is -2.38. The highest BCUT2D eigenvalue weighted by Crippen LogP contribution is 2.32. The van der Waals surface area contributed by atoms with Gasteiger partial charge in [-0.05, 0) is 44.9 Å². The van der Waals surface area contributed by atoms with Gasteiger partial charge in [0.1, 0.15) is 12.1 Å². The SMILES string of the molecule is CC(C)c1nn(CC(=O)N[C@H]2CN(C(=O)OC(C)(C)C)CC(F)(F)C2)c(=O)c2ccc(C(F)(F)F)cc12. The Hall–Kier alpha value is -3.25. The van der Waals surface area contributed by atoms with Crippen molar-refractivity contribution >= 4 is 22.8 Å². The van der Waals surface area contributed by atoms with Crippen LogP contribution in [0.1, 0.15) is 58.2 Å². The topological polar surface area (TPSA) is 93.5 Å². The highest BCUT2D eigenvalue weighted by Gasteiger charge is 2.43. The van der Waals surface area contributed by atoms with Crippen molar-refractivity contribution in [1.29, 1.82) is 0 Å². The first-order valence-electron chi connectivity index (χ1n) is 11.6. The molecule has 1 fully saturated rings. The van der Waals surface area contributed by atoms with E-state index in [0.29, 0.717) is 0 Å². The number of nitrogens with zero attached hydrogens (tertiary/aromatic N) is 3. The summed E-state index contributed by atoms with van der Waals surface area (Å²) < 4.78 is 74.2. The summed E-state index contributed by atoms with van der Waals surface area (Å²) in [5, 5.41) is 6.48. The first-order chi connectivity index (χ1) is 16.9. The van der Waals surface area contributed by atoms with E-state index in [9.17, 15) is 36.3 Å². The molecule has 1 aliphatic heterocycles. The number of hydrogen-bond acceptors (Lipinski definition) is 5. The fourth-order valence-electron chi connectivity index (χ4n) is 4.09. The fraction of sp³-hybridized carbons (Fsp3) is 0.583. The molecule has 0 saturated carbocycles.